The van der Waals surface area contributed by atoms with Crippen molar-refractivity contribution in [2.24, 2.45) is 11.3 Å². The molecule has 2 heterocycles. The van der Waals surface area contributed by atoms with Gasteiger partial charge in [0.05, 0.1) is 17.8 Å². The van der Waals surface area contributed by atoms with Gasteiger partial charge in [-0.05, 0) is 56.0 Å². The molecule has 7 heteroatoms. The molecule has 2 N–H and O–H groups in total. The highest BCUT2D eigenvalue weighted by Crippen LogP contribution is 2.58. The number of ether oxygens (including phenoxy) is 1. The van der Waals surface area contributed by atoms with E-state index in [0.717, 1.165) is 43.6 Å². The van der Waals surface area contributed by atoms with E-state index in [0.29, 0.717) is 15.9 Å². The molecular formula is C18H20ClN3O2S. The molecule has 1 spiro atoms. The van der Waals surface area contributed by atoms with Crippen LogP contribution < -0.4 is 15.4 Å². The van der Waals surface area contributed by atoms with Gasteiger partial charge < -0.3 is 15.4 Å². The maximum Gasteiger partial charge on any atom is 0.229 e. The van der Waals surface area contributed by atoms with E-state index in [1.165, 1.54) is 11.3 Å². The average molecular weight is 378 g/mol. The number of rotatable bonds is 4. The molecule has 2 fully saturated rings. The van der Waals surface area contributed by atoms with Crippen molar-refractivity contribution < 1.29 is 9.53 Å². The quantitative estimate of drug-likeness (QED) is 0.850. The second kappa shape index (κ2) is 6.59. The summed E-state index contributed by atoms with van der Waals surface area (Å²) in [5, 5.41) is 9.47. The van der Waals surface area contributed by atoms with Crippen LogP contribution >= 0.6 is 22.9 Å². The number of aromatic nitrogens is 1. The molecule has 0 bridgehead atoms. The molecule has 132 valence electrons. The molecule has 1 unspecified atom stereocenters. The van der Waals surface area contributed by atoms with Gasteiger partial charge in [0, 0.05) is 16.9 Å². The van der Waals surface area contributed by atoms with Crippen molar-refractivity contribution in [3.8, 4) is 17.0 Å². The third kappa shape index (κ3) is 3.26. The Balaban J connectivity index is 1.43. The number of piperidine rings is 1. The third-order valence-electron chi connectivity index (χ3n) is 5.29. The minimum atomic E-state index is 0.107. The number of nitrogens with zero attached hydrogens (tertiary/aromatic N) is 1. The van der Waals surface area contributed by atoms with Crippen molar-refractivity contribution in [1.29, 1.82) is 0 Å². The predicted octanol–water partition coefficient (Wildman–Crippen LogP) is 3.80. The molecule has 25 heavy (non-hydrogen) atoms. The number of anilines is 1. The summed E-state index contributed by atoms with van der Waals surface area (Å²) in [7, 11) is 1.59. The van der Waals surface area contributed by atoms with E-state index in [4.69, 9.17) is 16.3 Å². The minimum Gasteiger partial charge on any atom is -0.495 e. The number of carbonyl (C=O) groups is 1. The zero-order valence-corrected chi connectivity index (χ0v) is 15.5. The Morgan fingerprint density at radius 1 is 1.44 bits per heavy atom. The van der Waals surface area contributed by atoms with Crippen LogP contribution in [0.1, 0.15) is 19.3 Å². The number of carbonyl (C=O) groups excluding carboxylic acids is 1. The molecule has 2 aliphatic rings. The first-order valence-electron chi connectivity index (χ1n) is 8.42. The van der Waals surface area contributed by atoms with E-state index in [1.807, 2.05) is 23.6 Å². The van der Waals surface area contributed by atoms with Crippen LogP contribution in [0.2, 0.25) is 5.02 Å². The summed E-state index contributed by atoms with van der Waals surface area (Å²) >= 11 is 7.62. The van der Waals surface area contributed by atoms with Crippen LogP contribution in [0.15, 0.2) is 23.6 Å². The fraction of sp³-hybridized carbons (Fsp3) is 0.444. The number of benzene rings is 1. The van der Waals surface area contributed by atoms with Crippen LogP contribution in [0.5, 0.6) is 5.75 Å². The number of hydrogen-bond donors (Lipinski definition) is 2. The maximum absolute atomic E-state index is 12.5. The second-order valence-corrected chi connectivity index (χ2v) is 8.01. The maximum atomic E-state index is 12.5. The van der Waals surface area contributed by atoms with Gasteiger partial charge in [0.2, 0.25) is 5.91 Å². The Bertz CT molecular complexity index is 801. The summed E-state index contributed by atoms with van der Waals surface area (Å²) in [4.78, 5) is 17.1. The fourth-order valence-electron chi connectivity index (χ4n) is 3.68. The van der Waals surface area contributed by atoms with Crippen LogP contribution in [0.4, 0.5) is 5.13 Å². The highest BCUT2D eigenvalue weighted by molar-refractivity contribution is 7.14. The standard InChI is InChI=1S/C18H20ClN3O2S/c1-24-15-3-2-11(8-13(15)19)14-10-25-17(21-14)22-16(23)12-9-18(12)4-6-20-7-5-18/h2-3,8,10,12,20H,4-7,9H2,1H3,(H,21,22,23). The summed E-state index contributed by atoms with van der Waals surface area (Å²) in [5.41, 5.74) is 1.94. The van der Waals surface area contributed by atoms with Gasteiger partial charge in [-0.15, -0.1) is 11.3 Å². The summed E-state index contributed by atoms with van der Waals surface area (Å²) in [5.74, 6) is 0.878. The third-order valence-corrected chi connectivity index (χ3v) is 6.34. The van der Waals surface area contributed by atoms with E-state index in [9.17, 15) is 4.79 Å². The molecule has 1 aliphatic heterocycles. The number of nitrogens with one attached hydrogen (secondary N) is 2. The zero-order chi connectivity index (χ0) is 17.4. The highest BCUT2D eigenvalue weighted by Gasteiger charge is 2.57. The van der Waals surface area contributed by atoms with Gasteiger partial charge >= 0.3 is 0 Å². The van der Waals surface area contributed by atoms with Crippen molar-refractivity contribution in [3.05, 3.63) is 28.6 Å². The number of hydrogen-bond acceptors (Lipinski definition) is 5. The average Bonchev–Trinajstić information content (AvgIpc) is 3.10. The molecule has 1 saturated carbocycles. The lowest BCUT2D eigenvalue weighted by Crippen LogP contribution is -2.31. The van der Waals surface area contributed by atoms with Crippen molar-refractivity contribution in [3.63, 3.8) is 0 Å². The van der Waals surface area contributed by atoms with Crippen LogP contribution in [0, 0.1) is 11.3 Å². The molecule has 0 radical (unpaired) electrons. The summed E-state index contributed by atoms with van der Waals surface area (Å²) < 4.78 is 5.17. The van der Waals surface area contributed by atoms with Crippen LogP contribution in [0.25, 0.3) is 11.3 Å². The lowest BCUT2D eigenvalue weighted by atomic mass is 9.92. The monoisotopic (exact) mass is 377 g/mol. The van der Waals surface area contributed by atoms with Crippen molar-refractivity contribution >= 4 is 34.0 Å². The molecule has 4 rings (SSSR count). The fourth-order valence-corrected chi connectivity index (χ4v) is 4.66. The van der Waals surface area contributed by atoms with Gasteiger partial charge in [0.15, 0.2) is 5.13 Å². The van der Waals surface area contributed by atoms with E-state index >= 15 is 0 Å². The molecule has 5 nitrogen and oxygen atoms in total. The zero-order valence-electron chi connectivity index (χ0n) is 14.0. The predicted molar refractivity (Wildman–Crippen MR) is 100 cm³/mol. The van der Waals surface area contributed by atoms with Gasteiger partial charge in [-0.2, -0.15) is 0 Å². The number of thiazole rings is 1. The normalized spacial score (nSPS) is 21.1. The molecule has 1 amide bonds. The van der Waals surface area contributed by atoms with Crippen molar-refractivity contribution in [2.75, 3.05) is 25.5 Å². The van der Waals surface area contributed by atoms with Gasteiger partial charge in [-0.25, -0.2) is 4.98 Å². The first-order chi connectivity index (χ1) is 12.1. The Kier molecular flexibility index (Phi) is 4.43. The molecule has 2 aromatic rings. The van der Waals surface area contributed by atoms with Gasteiger partial charge in [-0.1, -0.05) is 11.6 Å². The van der Waals surface area contributed by atoms with Crippen molar-refractivity contribution in [1.82, 2.24) is 10.3 Å². The first kappa shape index (κ1) is 16.8. The molecule has 1 atom stereocenters. The van der Waals surface area contributed by atoms with Gasteiger partial charge in [-0.3, -0.25) is 4.79 Å². The first-order valence-corrected chi connectivity index (χ1v) is 9.68. The Hall–Kier alpha value is -1.63. The van der Waals surface area contributed by atoms with Gasteiger partial charge in [0.25, 0.3) is 0 Å². The lowest BCUT2D eigenvalue weighted by molar-refractivity contribution is -0.118. The summed E-state index contributed by atoms with van der Waals surface area (Å²) in [6.45, 7) is 2.03. The Morgan fingerprint density at radius 2 is 2.24 bits per heavy atom. The molecule has 1 aliphatic carbocycles. The van der Waals surface area contributed by atoms with E-state index in [-0.39, 0.29) is 17.2 Å². The SMILES string of the molecule is COc1ccc(-c2csc(NC(=O)C3CC34CCNCC4)n2)cc1Cl. The molecule has 1 aromatic carbocycles. The molecular weight excluding hydrogens is 358 g/mol. The van der Waals surface area contributed by atoms with Crippen molar-refractivity contribution in [2.45, 2.75) is 19.3 Å². The highest BCUT2D eigenvalue weighted by atomic mass is 35.5. The van der Waals surface area contributed by atoms with E-state index in [1.54, 1.807) is 7.11 Å². The molecule has 1 aromatic heterocycles. The smallest absolute Gasteiger partial charge is 0.229 e. The van der Waals surface area contributed by atoms with E-state index < -0.39 is 0 Å². The van der Waals surface area contributed by atoms with Crippen LogP contribution in [0.3, 0.4) is 0 Å². The minimum absolute atomic E-state index is 0.107. The Morgan fingerprint density at radius 3 is 2.96 bits per heavy atom. The summed E-state index contributed by atoms with van der Waals surface area (Å²) in [6, 6.07) is 5.56. The lowest BCUT2D eigenvalue weighted by Gasteiger charge is -2.22. The van der Waals surface area contributed by atoms with Gasteiger partial charge in [0.1, 0.15) is 5.75 Å². The number of halogens is 1. The van der Waals surface area contributed by atoms with Crippen LogP contribution in [-0.2, 0) is 4.79 Å². The number of amides is 1. The summed E-state index contributed by atoms with van der Waals surface area (Å²) in [6.07, 6.45) is 3.20. The Labute approximate surface area is 155 Å². The second-order valence-electron chi connectivity index (χ2n) is 6.75. The number of methoxy groups -OCH3 is 1. The topological polar surface area (TPSA) is 63.2 Å². The van der Waals surface area contributed by atoms with E-state index in [2.05, 4.69) is 15.6 Å². The van der Waals surface area contributed by atoms with Crippen LogP contribution in [-0.4, -0.2) is 31.1 Å². The molecule has 1 saturated heterocycles. The largest absolute Gasteiger partial charge is 0.495 e.